The van der Waals surface area contributed by atoms with Crippen LogP contribution >= 0.6 is 0 Å². The van der Waals surface area contributed by atoms with E-state index in [9.17, 15) is 0 Å². The van der Waals surface area contributed by atoms with Gasteiger partial charge in [-0.25, -0.2) is 0 Å². The van der Waals surface area contributed by atoms with Gasteiger partial charge < -0.3 is 4.65 Å². The minimum Gasteiger partial charge on any atom is -0.438 e. The lowest BCUT2D eigenvalue weighted by Crippen LogP contribution is -1.83. The summed E-state index contributed by atoms with van der Waals surface area (Å²) in [7, 11) is 2.29. The first kappa shape index (κ1) is 4.76. The largest absolute Gasteiger partial charge is 0.438 e. The van der Waals surface area contributed by atoms with E-state index in [0.29, 0.717) is 7.48 Å². The fraction of sp³-hybridized carbons (Fsp3) is 0.333. The molecule has 0 spiro atoms. The second-order valence-corrected chi connectivity index (χ2v) is 0.744. The van der Waals surface area contributed by atoms with Crippen LogP contribution < -0.4 is 0 Å². The van der Waals surface area contributed by atoms with Gasteiger partial charge in [0.05, 0.1) is 0 Å². The summed E-state index contributed by atoms with van der Waals surface area (Å²) in [6.07, 6.45) is 0. The summed E-state index contributed by atoms with van der Waals surface area (Å²) >= 11 is 0. The predicted molar refractivity (Wildman–Crippen MR) is 24.4 cm³/mol. The van der Waals surface area contributed by atoms with Gasteiger partial charge in [-0.3, -0.25) is 0 Å². The van der Waals surface area contributed by atoms with Crippen LogP contribution in [-0.2, 0) is 4.65 Å². The summed E-state index contributed by atoms with van der Waals surface area (Å²) in [5, 5.41) is 0. The molecule has 0 bridgehead atoms. The second kappa shape index (κ2) is 3.76. The van der Waals surface area contributed by atoms with Crippen LogP contribution in [0.5, 0.6) is 0 Å². The maximum Gasteiger partial charge on any atom is 0.300 e. The smallest absolute Gasteiger partial charge is 0.300 e. The topological polar surface area (TPSA) is 9.23 Å². The predicted octanol–water partition coefficient (Wildman–Crippen LogP) is 0.128. The van der Waals surface area contributed by atoms with Gasteiger partial charge in [0.1, 0.15) is 0 Å². The van der Waals surface area contributed by atoms with Crippen LogP contribution in [0.15, 0.2) is 12.6 Å². The Hall–Kier alpha value is -0.235. The van der Waals surface area contributed by atoms with Crippen molar-refractivity contribution in [3.8, 4) is 0 Å². The molecule has 0 aliphatic carbocycles. The molecule has 0 aromatic carbocycles. The molecule has 5 heavy (non-hydrogen) atoms. The highest BCUT2D eigenvalue weighted by Crippen LogP contribution is 1.55. The molecule has 0 amide bonds. The van der Waals surface area contributed by atoms with Gasteiger partial charge in [0.2, 0.25) is 0 Å². The van der Waals surface area contributed by atoms with Crippen molar-refractivity contribution < 1.29 is 4.65 Å². The molecule has 0 N–H and O–H groups in total. The summed E-state index contributed by atoms with van der Waals surface area (Å²) in [5.74, 6) is 1.71. The maximum atomic E-state index is 4.57. The number of rotatable bonds is 2. The molecule has 0 fully saturated rings. The molecule has 0 saturated heterocycles. The van der Waals surface area contributed by atoms with Crippen molar-refractivity contribution in [3.63, 3.8) is 0 Å². The third kappa shape index (κ3) is 3.76. The van der Waals surface area contributed by atoms with Crippen LogP contribution in [0.25, 0.3) is 0 Å². The summed E-state index contributed by atoms with van der Waals surface area (Å²) in [5.41, 5.74) is 0. The van der Waals surface area contributed by atoms with Gasteiger partial charge in [0, 0.05) is 7.11 Å². The molecule has 0 unspecified atom stereocenters. The molecular weight excluding hydrogens is 62.8 g/mol. The van der Waals surface area contributed by atoms with Crippen LogP contribution in [0, 0.1) is 0 Å². The van der Waals surface area contributed by atoms with Crippen LogP contribution in [0.3, 0.4) is 0 Å². The molecule has 0 heterocycles. The lowest BCUT2D eigenvalue weighted by Gasteiger charge is -1.76. The Balaban J connectivity index is 2.40. The van der Waals surface area contributed by atoms with Gasteiger partial charge in [-0.2, -0.15) is 0 Å². The molecule has 0 aliphatic rings. The molecule has 0 atom stereocenters. The molecule has 0 radical (unpaired) electrons. The van der Waals surface area contributed by atoms with E-state index in [1.165, 1.54) is 0 Å². The van der Waals surface area contributed by atoms with Gasteiger partial charge in [-0.1, -0.05) is 5.98 Å². The highest BCUT2D eigenvalue weighted by Gasteiger charge is 1.66. The van der Waals surface area contributed by atoms with E-state index in [2.05, 4.69) is 11.2 Å². The van der Waals surface area contributed by atoms with Crippen molar-refractivity contribution in [3.05, 3.63) is 12.6 Å². The quantitative estimate of drug-likeness (QED) is 0.419. The molecule has 0 rings (SSSR count). The van der Waals surface area contributed by atoms with E-state index < -0.39 is 0 Å². The van der Waals surface area contributed by atoms with Gasteiger partial charge in [-0.15, -0.1) is 6.58 Å². The maximum absolute atomic E-state index is 4.57. The van der Waals surface area contributed by atoms with Crippen molar-refractivity contribution >= 4 is 7.48 Å². The number of hydrogen-bond acceptors (Lipinski definition) is 1. The average molecular weight is 69.9 g/mol. The standard InChI is InChI=1S/C3H7BO/c1-3-4-5-2/h3-4H,1H2,2H3. The zero-order valence-electron chi connectivity index (χ0n) is 3.40. The molecule has 0 aromatic rings. The Labute approximate surface area is 32.9 Å². The Bertz CT molecular complexity index is 28.1. The van der Waals surface area contributed by atoms with Gasteiger partial charge in [-0.05, 0) is 0 Å². The van der Waals surface area contributed by atoms with E-state index in [4.69, 9.17) is 0 Å². The van der Waals surface area contributed by atoms with Crippen LogP contribution in [-0.4, -0.2) is 14.6 Å². The Morgan fingerprint density at radius 3 is 2.60 bits per heavy atom. The average Bonchev–Trinajstić information content (AvgIpc) is 1.41. The highest BCUT2D eigenvalue weighted by atomic mass is 16.4. The summed E-state index contributed by atoms with van der Waals surface area (Å²) < 4.78 is 4.57. The second-order valence-electron chi connectivity index (χ2n) is 0.744. The van der Waals surface area contributed by atoms with Gasteiger partial charge in [0.25, 0.3) is 7.48 Å². The fourth-order valence-electron chi connectivity index (χ4n) is 0.118. The van der Waals surface area contributed by atoms with Crippen LogP contribution in [0.1, 0.15) is 0 Å². The van der Waals surface area contributed by atoms with E-state index >= 15 is 0 Å². The third-order valence-electron chi connectivity index (χ3n) is 0.285. The fourth-order valence-corrected chi connectivity index (χ4v) is 0.118. The van der Waals surface area contributed by atoms with Crippen molar-refractivity contribution in [2.45, 2.75) is 0 Å². The van der Waals surface area contributed by atoms with Crippen molar-refractivity contribution in [2.75, 3.05) is 7.11 Å². The normalized spacial score (nSPS) is 6.60. The minimum absolute atomic E-state index is 0.653. The van der Waals surface area contributed by atoms with Crippen molar-refractivity contribution in [1.29, 1.82) is 0 Å². The Kier molecular flexibility index (Phi) is 3.59. The monoisotopic (exact) mass is 70.1 g/mol. The van der Waals surface area contributed by atoms with E-state index in [1.54, 1.807) is 13.1 Å². The zero-order valence-corrected chi connectivity index (χ0v) is 3.40. The minimum atomic E-state index is 0.653. The van der Waals surface area contributed by atoms with Crippen LogP contribution in [0.2, 0.25) is 0 Å². The van der Waals surface area contributed by atoms with E-state index in [0.717, 1.165) is 0 Å². The first-order valence-electron chi connectivity index (χ1n) is 1.51. The zero-order chi connectivity index (χ0) is 4.12. The lowest BCUT2D eigenvalue weighted by molar-refractivity contribution is 0.449. The third-order valence-corrected chi connectivity index (χ3v) is 0.285. The van der Waals surface area contributed by atoms with Gasteiger partial charge >= 0.3 is 0 Å². The molecule has 1 nitrogen and oxygen atoms in total. The first-order chi connectivity index (χ1) is 2.41. The molecule has 0 saturated carbocycles. The molecule has 28 valence electrons. The summed E-state index contributed by atoms with van der Waals surface area (Å²) in [6.45, 7) is 3.43. The van der Waals surface area contributed by atoms with Crippen molar-refractivity contribution in [2.24, 2.45) is 0 Å². The van der Waals surface area contributed by atoms with Gasteiger partial charge in [0.15, 0.2) is 0 Å². The van der Waals surface area contributed by atoms with Crippen molar-refractivity contribution in [1.82, 2.24) is 0 Å². The Morgan fingerprint density at radius 1 is 2.00 bits per heavy atom. The Morgan fingerprint density at radius 2 is 2.60 bits per heavy atom. The molecule has 0 aromatic heterocycles. The number of hydrogen-bond donors (Lipinski definition) is 0. The SMILES string of the molecule is C=CBOC. The molecule has 2 heteroatoms. The van der Waals surface area contributed by atoms with E-state index in [-0.39, 0.29) is 0 Å². The first-order valence-corrected chi connectivity index (χ1v) is 1.51. The highest BCUT2D eigenvalue weighted by molar-refractivity contribution is 6.33. The molecule has 0 aliphatic heterocycles. The lowest BCUT2D eigenvalue weighted by atomic mass is 10.0. The van der Waals surface area contributed by atoms with E-state index in [1.807, 2.05) is 0 Å². The summed E-state index contributed by atoms with van der Waals surface area (Å²) in [6, 6.07) is 0. The van der Waals surface area contributed by atoms with Crippen LogP contribution in [0.4, 0.5) is 0 Å². The summed E-state index contributed by atoms with van der Waals surface area (Å²) in [4.78, 5) is 0. The molecular formula is C3H7BO.